The van der Waals surface area contributed by atoms with Crippen molar-refractivity contribution in [3.05, 3.63) is 64.7 Å². The van der Waals surface area contributed by atoms with Crippen LogP contribution in [0.2, 0.25) is 5.02 Å². The minimum absolute atomic E-state index is 0.128. The third kappa shape index (κ3) is 3.15. The second-order valence-electron chi connectivity index (χ2n) is 3.68. The molecule has 2 aromatic rings. The molecule has 0 heterocycles. The molecule has 0 aliphatic heterocycles. The Bertz CT molecular complexity index is 601. The van der Waals surface area contributed by atoms with Crippen LogP contribution in [0.25, 0.3) is 0 Å². The summed E-state index contributed by atoms with van der Waals surface area (Å²) < 4.78 is 37.8. The van der Waals surface area contributed by atoms with Crippen molar-refractivity contribution in [1.82, 2.24) is 0 Å². The van der Waals surface area contributed by atoms with E-state index in [-0.39, 0.29) is 10.8 Å². The van der Waals surface area contributed by atoms with Crippen molar-refractivity contribution in [2.75, 3.05) is 0 Å². The maximum atomic E-state index is 13.0. The Morgan fingerprint density at radius 1 is 1.06 bits per heavy atom. The molecule has 0 bridgehead atoms. The number of rotatable bonds is 3. The Morgan fingerprint density at radius 2 is 1.78 bits per heavy atom. The zero-order valence-electron chi connectivity index (χ0n) is 9.20. The van der Waals surface area contributed by atoms with E-state index >= 15 is 0 Å². The first-order chi connectivity index (χ1) is 8.56. The fourth-order valence-electron chi connectivity index (χ4n) is 1.47. The van der Waals surface area contributed by atoms with Gasteiger partial charge in [0.25, 0.3) is 0 Å². The quantitative estimate of drug-likeness (QED) is 0.836. The Balaban J connectivity index is 2.21. The first-order valence-corrected chi connectivity index (χ1v) is 6.84. The SMILES string of the molecule is O=S(Cc1ccc(F)cc1Cl)c1cccc(F)c1. The predicted octanol–water partition coefficient (Wildman–Crippen LogP) is 3.93. The normalized spacial score (nSPS) is 12.4. The molecule has 2 rings (SSSR count). The van der Waals surface area contributed by atoms with Gasteiger partial charge >= 0.3 is 0 Å². The van der Waals surface area contributed by atoms with E-state index < -0.39 is 22.4 Å². The lowest BCUT2D eigenvalue weighted by Crippen LogP contribution is -1.98. The Kier molecular flexibility index (Phi) is 4.09. The molecule has 0 aliphatic rings. The highest BCUT2D eigenvalue weighted by molar-refractivity contribution is 7.84. The van der Waals surface area contributed by atoms with Gasteiger partial charge in [-0.25, -0.2) is 8.78 Å². The highest BCUT2D eigenvalue weighted by Gasteiger charge is 2.09. The van der Waals surface area contributed by atoms with E-state index in [1.54, 1.807) is 6.07 Å². The molecule has 0 aromatic heterocycles. The molecule has 1 atom stereocenters. The summed E-state index contributed by atoms with van der Waals surface area (Å²) in [6.45, 7) is 0. The standard InChI is InChI=1S/C13H9ClF2OS/c14-13-7-11(16)5-4-9(13)8-18(17)12-3-1-2-10(15)6-12/h1-7H,8H2. The van der Waals surface area contributed by atoms with Crippen LogP contribution in [0.3, 0.4) is 0 Å². The predicted molar refractivity (Wildman–Crippen MR) is 67.9 cm³/mol. The van der Waals surface area contributed by atoms with Crippen molar-refractivity contribution in [1.29, 1.82) is 0 Å². The highest BCUT2D eigenvalue weighted by Crippen LogP contribution is 2.21. The first-order valence-electron chi connectivity index (χ1n) is 5.14. The van der Waals surface area contributed by atoms with Gasteiger partial charge < -0.3 is 0 Å². The fraction of sp³-hybridized carbons (Fsp3) is 0.0769. The summed E-state index contributed by atoms with van der Waals surface area (Å²) in [4.78, 5) is 0.385. The van der Waals surface area contributed by atoms with E-state index in [4.69, 9.17) is 11.6 Å². The summed E-state index contributed by atoms with van der Waals surface area (Å²) >= 11 is 5.84. The molecule has 0 N–H and O–H groups in total. The zero-order chi connectivity index (χ0) is 13.1. The summed E-state index contributed by atoms with van der Waals surface area (Å²) in [5.74, 6) is -0.755. The molecular weight excluding hydrogens is 278 g/mol. The minimum Gasteiger partial charge on any atom is -0.254 e. The smallest absolute Gasteiger partial charge is 0.124 e. The van der Waals surface area contributed by atoms with Crippen LogP contribution < -0.4 is 0 Å². The lowest BCUT2D eigenvalue weighted by atomic mass is 10.2. The van der Waals surface area contributed by atoms with Crippen molar-refractivity contribution in [2.24, 2.45) is 0 Å². The van der Waals surface area contributed by atoms with Crippen molar-refractivity contribution in [2.45, 2.75) is 10.6 Å². The maximum absolute atomic E-state index is 13.0. The Morgan fingerprint density at radius 3 is 2.44 bits per heavy atom. The van der Waals surface area contributed by atoms with Gasteiger partial charge in [0, 0.05) is 9.92 Å². The lowest BCUT2D eigenvalue weighted by molar-refractivity contribution is 0.622. The monoisotopic (exact) mass is 286 g/mol. The molecule has 5 heteroatoms. The summed E-state index contributed by atoms with van der Waals surface area (Å²) in [6.07, 6.45) is 0. The second-order valence-corrected chi connectivity index (χ2v) is 5.54. The van der Waals surface area contributed by atoms with Gasteiger partial charge in [-0.05, 0) is 35.9 Å². The van der Waals surface area contributed by atoms with E-state index in [0.717, 1.165) is 0 Å². The van der Waals surface area contributed by atoms with Crippen LogP contribution in [0.4, 0.5) is 8.78 Å². The average molecular weight is 287 g/mol. The van der Waals surface area contributed by atoms with Crippen molar-refractivity contribution >= 4 is 22.4 Å². The highest BCUT2D eigenvalue weighted by atomic mass is 35.5. The van der Waals surface area contributed by atoms with Gasteiger partial charge in [0.2, 0.25) is 0 Å². The summed E-state index contributed by atoms with van der Waals surface area (Å²) in [5, 5.41) is 0.222. The third-order valence-electron chi connectivity index (χ3n) is 2.36. The largest absolute Gasteiger partial charge is 0.254 e. The van der Waals surface area contributed by atoms with Crippen LogP contribution in [0, 0.1) is 11.6 Å². The fourth-order valence-corrected chi connectivity index (χ4v) is 2.96. The van der Waals surface area contributed by atoms with Crippen LogP contribution in [0.15, 0.2) is 47.4 Å². The average Bonchev–Trinajstić information content (AvgIpc) is 2.32. The molecule has 0 saturated carbocycles. The summed E-state index contributed by atoms with van der Waals surface area (Å²) in [5.41, 5.74) is 0.570. The van der Waals surface area contributed by atoms with Crippen molar-refractivity contribution < 1.29 is 13.0 Å². The second kappa shape index (κ2) is 5.59. The van der Waals surface area contributed by atoms with E-state index in [9.17, 15) is 13.0 Å². The van der Waals surface area contributed by atoms with Crippen LogP contribution >= 0.6 is 11.6 Å². The first kappa shape index (κ1) is 13.2. The Hall–Kier alpha value is -1.26. The van der Waals surface area contributed by atoms with Crippen LogP contribution in [-0.2, 0) is 16.6 Å². The van der Waals surface area contributed by atoms with E-state index in [2.05, 4.69) is 0 Å². The summed E-state index contributed by atoms with van der Waals surface area (Å²) in [7, 11) is -1.41. The minimum atomic E-state index is -1.41. The van der Waals surface area contributed by atoms with E-state index in [0.29, 0.717) is 10.5 Å². The van der Waals surface area contributed by atoms with Gasteiger partial charge in [0.05, 0.1) is 16.6 Å². The molecule has 1 unspecified atom stereocenters. The molecule has 18 heavy (non-hydrogen) atoms. The molecule has 0 saturated heterocycles. The molecular formula is C13H9ClF2OS. The van der Waals surface area contributed by atoms with Gasteiger partial charge in [0.1, 0.15) is 11.6 Å². The van der Waals surface area contributed by atoms with E-state index in [1.807, 2.05) is 0 Å². The topological polar surface area (TPSA) is 17.1 Å². The van der Waals surface area contributed by atoms with Gasteiger partial charge in [-0.2, -0.15) is 0 Å². The van der Waals surface area contributed by atoms with Crippen molar-refractivity contribution in [3.8, 4) is 0 Å². The van der Waals surface area contributed by atoms with Gasteiger partial charge in [0.15, 0.2) is 0 Å². The molecule has 2 aromatic carbocycles. The molecule has 94 valence electrons. The lowest BCUT2D eigenvalue weighted by Gasteiger charge is -2.05. The van der Waals surface area contributed by atoms with Crippen LogP contribution in [-0.4, -0.2) is 4.21 Å². The zero-order valence-corrected chi connectivity index (χ0v) is 10.8. The maximum Gasteiger partial charge on any atom is 0.124 e. The van der Waals surface area contributed by atoms with Crippen molar-refractivity contribution in [3.63, 3.8) is 0 Å². The molecule has 0 fully saturated rings. The molecule has 1 nitrogen and oxygen atoms in total. The Labute approximate surface area is 111 Å². The molecule has 0 radical (unpaired) electrons. The number of hydrogen-bond acceptors (Lipinski definition) is 1. The summed E-state index contributed by atoms with van der Waals surface area (Å²) in [6, 6.07) is 9.48. The van der Waals surface area contributed by atoms with Gasteiger partial charge in [-0.1, -0.05) is 23.7 Å². The number of halogens is 3. The molecule has 0 spiro atoms. The third-order valence-corrected chi connectivity index (χ3v) is 4.07. The van der Waals surface area contributed by atoms with Gasteiger partial charge in [-0.3, -0.25) is 4.21 Å². The number of hydrogen-bond donors (Lipinski definition) is 0. The van der Waals surface area contributed by atoms with Crippen LogP contribution in [0.1, 0.15) is 5.56 Å². The van der Waals surface area contributed by atoms with E-state index in [1.165, 1.54) is 36.4 Å². The number of benzene rings is 2. The molecule has 0 aliphatic carbocycles. The van der Waals surface area contributed by atoms with Gasteiger partial charge in [-0.15, -0.1) is 0 Å². The molecule has 0 amide bonds. The van der Waals surface area contributed by atoms with Crippen LogP contribution in [0.5, 0.6) is 0 Å².